The number of rotatable bonds is 14. The topological polar surface area (TPSA) is 178 Å². The monoisotopic (exact) mass is 793 g/mol. The van der Waals surface area contributed by atoms with Crippen molar-refractivity contribution in [3.63, 3.8) is 0 Å². The van der Waals surface area contributed by atoms with Gasteiger partial charge in [-0.1, -0.05) is 25.0 Å². The predicted octanol–water partition coefficient (Wildman–Crippen LogP) is 5.06. The highest BCUT2D eigenvalue weighted by atomic mass is 32.1. The SMILES string of the molecule is Cc1sc(NC(=O)CC2CCN(CCCCCCNc3cccc4c3C(=O)N(C3CCC(=O)NC3=O)C4=O)C(=O)C2)nc1-c1ccc2c(c1)CCN2C(=O)C1CC1. The minimum absolute atomic E-state index is 0.0175. The molecule has 8 rings (SSSR count). The molecule has 298 valence electrons. The minimum atomic E-state index is -1.01. The maximum atomic E-state index is 13.3. The molecule has 3 fully saturated rings. The van der Waals surface area contributed by atoms with Crippen LogP contribution in [0.3, 0.4) is 0 Å². The standard InChI is InChI=1S/C42H47N7O7S/c1-24-37(28-11-12-31-27(23-28)16-20-48(31)39(54)26-9-10-26)46-42(57-24)45-34(51)21-25-15-19-47(35(52)22-25)18-5-3-2-4-17-43-30-8-6-7-29-36(30)41(56)49(40(29)55)32-13-14-33(50)44-38(32)53/h6-8,11-12,23,25-26,32,43H,2-5,9-10,13-22H2,1H3,(H,44,50,53)(H,45,46,51). The lowest BCUT2D eigenvalue weighted by molar-refractivity contribution is -0.137. The van der Waals surface area contributed by atoms with E-state index in [2.05, 4.69) is 22.0 Å². The summed E-state index contributed by atoms with van der Waals surface area (Å²) in [4.78, 5) is 99.7. The number of hydrogen-bond donors (Lipinski definition) is 3. The first-order chi connectivity index (χ1) is 27.5. The smallest absolute Gasteiger partial charge is 0.264 e. The number of likely N-dealkylation sites (tertiary alicyclic amines) is 1. The molecular weight excluding hydrogens is 747 g/mol. The molecule has 2 unspecified atom stereocenters. The zero-order chi connectivity index (χ0) is 39.8. The van der Waals surface area contributed by atoms with E-state index >= 15 is 0 Å². The lowest BCUT2D eigenvalue weighted by Crippen LogP contribution is -2.54. The summed E-state index contributed by atoms with van der Waals surface area (Å²) in [5, 5.41) is 9.02. The Hall–Kier alpha value is -5.44. The van der Waals surface area contributed by atoms with Gasteiger partial charge in [-0.05, 0) is 87.6 Å². The van der Waals surface area contributed by atoms with Crippen molar-refractivity contribution in [1.29, 1.82) is 0 Å². The van der Waals surface area contributed by atoms with Gasteiger partial charge in [0, 0.05) is 73.2 Å². The van der Waals surface area contributed by atoms with E-state index in [0.29, 0.717) is 36.9 Å². The molecule has 2 aromatic carbocycles. The zero-order valence-electron chi connectivity index (χ0n) is 32.1. The fourth-order valence-electron chi connectivity index (χ4n) is 8.50. The number of unbranched alkanes of at least 4 members (excludes halogenated alkanes) is 3. The Morgan fingerprint density at radius 2 is 1.75 bits per heavy atom. The number of nitrogens with zero attached hydrogens (tertiary/aromatic N) is 4. The molecule has 2 atom stereocenters. The van der Waals surface area contributed by atoms with Crippen LogP contribution in [0, 0.1) is 18.8 Å². The number of fused-ring (bicyclic) bond motifs is 2. The van der Waals surface area contributed by atoms with Crippen molar-refractivity contribution >= 4 is 69.2 Å². The van der Waals surface area contributed by atoms with Crippen LogP contribution in [0.25, 0.3) is 11.3 Å². The van der Waals surface area contributed by atoms with Crippen molar-refractivity contribution in [2.75, 3.05) is 41.7 Å². The third kappa shape index (κ3) is 8.07. The predicted molar refractivity (Wildman–Crippen MR) is 214 cm³/mol. The number of carbonyl (C=O) groups excluding carboxylic acids is 7. The normalized spacial score (nSPS) is 20.5. The Bertz CT molecular complexity index is 2160. The van der Waals surface area contributed by atoms with E-state index in [4.69, 9.17) is 4.98 Å². The number of amides is 7. The first-order valence-corrected chi connectivity index (χ1v) is 21.0. The van der Waals surface area contributed by atoms with Gasteiger partial charge in [0.2, 0.25) is 29.5 Å². The Labute approximate surface area is 334 Å². The van der Waals surface area contributed by atoms with E-state index in [1.165, 1.54) is 11.3 Å². The van der Waals surface area contributed by atoms with Crippen LogP contribution in [-0.4, -0.2) is 88.4 Å². The van der Waals surface area contributed by atoms with Crippen LogP contribution in [0.15, 0.2) is 36.4 Å². The van der Waals surface area contributed by atoms with Crippen LogP contribution >= 0.6 is 11.3 Å². The number of hydrogen-bond acceptors (Lipinski definition) is 10. The highest BCUT2D eigenvalue weighted by molar-refractivity contribution is 7.16. The molecular formula is C42H47N7O7S. The Balaban J connectivity index is 0.737. The number of piperidine rings is 2. The summed E-state index contributed by atoms with van der Waals surface area (Å²) >= 11 is 1.44. The molecule has 5 heterocycles. The second-order valence-corrected chi connectivity index (χ2v) is 17.0. The number of benzene rings is 2. The van der Waals surface area contributed by atoms with E-state index in [9.17, 15) is 33.6 Å². The van der Waals surface area contributed by atoms with Gasteiger partial charge in [0.15, 0.2) is 5.13 Å². The Morgan fingerprint density at radius 3 is 2.54 bits per heavy atom. The van der Waals surface area contributed by atoms with Crippen LogP contribution in [-0.2, 0) is 30.4 Å². The fourth-order valence-corrected chi connectivity index (χ4v) is 9.35. The molecule has 57 heavy (non-hydrogen) atoms. The average molecular weight is 794 g/mol. The quantitative estimate of drug-likeness (QED) is 0.149. The van der Waals surface area contributed by atoms with Crippen LogP contribution in [0.5, 0.6) is 0 Å². The van der Waals surface area contributed by atoms with Gasteiger partial charge in [0.05, 0.1) is 16.8 Å². The number of aryl methyl sites for hydroxylation is 1. The van der Waals surface area contributed by atoms with Crippen molar-refractivity contribution in [3.8, 4) is 11.3 Å². The molecule has 1 aromatic heterocycles. The van der Waals surface area contributed by atoms with E-state index in [1.807, 2.05) is 28.9 Å². The molecule has 1 saturated carbocycles. The van der Waals surface area contributed by atoms with Gasteiger partial charge in [0.25, 0.3) is 11.8 Å². The number of thiazole rings is 1. The van der Waals surface area contributed by atoms with Gasteiger partial charge in [0.1, 0.15) is 6.04 Å². The maximum absolute atomic E-state index is 13.3. The van der Waals surface area contributed by atoms with Gasteiger partial charge in [-0.2, -0.15) is 0 Å². The molecule has 0 radical (unpaired) electrons. The maximum Gasteiger partial charge on any atom is 0.264 e. The summed E-state index contributed by atoms with van der Waals surface area (Å²) in [6, 6.07) is 10.2. The largest absolute Gasteiger partial charge is 0.384 e. The first kappa shape index (κ1) is 38.4. The molecule has 14 nitrogen and oxygen atoms in total. The van der Waals surface area contributed by atoms with Crippen molar-refractivity contribution in [1.82, 2.24) is 20.1 Å². The number of imide groups is 2. The van der Waals surface area contributed by atoms with E-state index in [0.717, 1.165) is 90.2 Å². The summed E-state index contributed by atoms with van der Waals surface area (Å²) in [6.07, 6.45) is 7.88. The molecule has 5 aliphatic rings. The van der Waals surface area contributed by atoms with Crippen LogP contribution in [0.2, 0.25) is 0 Å². The summed E-state index contributed by atoms with van der Waals surface area (Å²) in [6.45, 7) is 4.60. The Kier molecular flexibility index (Phi) is 10.9. The number of aromatic nitrogens is 1. The van der Waals surface area contributed by atoms with E-state index < -0.39 is 29.7 Å². The molecule has 15 heteroatoms. The second-order valence-electron chi connectivity index (χ2n) is 15.8. The van der Waals surface area contributed by atoms with Gasteiger partial charge in [-0.25, -0.2) is 4.98 Å². The average Bonchev–Trinajstić information content (AvgIpc) is 3.78. The van der Waals surface area contributed by atoms with Gasteiger partial charge >= 0.3 is 0 Å². The number of carbonyl (C=O) groups is 7. The first-order valence-electron chi connectivity index (χ1n) is 20.1. The second kappa shape index (κ2) is 16.2. The third-order valence-electron chi connectivity index (χ3n) is 11.7. The molecule has 2 saturated heterocycles. The van der Waals surface area contributed by atoms with Crippen LogP contribution < -0.4 is 20.9 Å². The minimum Gasteiger partial charge on any atom is -0.384 e. The highest BCUT2D eigenvalue weighted by Gasteiger charge is 2.45. The number of anilines is 3. The van der Waals surface area contributed by atoms with Crippen molar-refractivity contribution in [2.24, 2.45) is 11.8 Å². The molecule has 1 aliphatic carbocycles. The molecule has 7 amide bonds. The fraction of sp³-hybridized carbons (Fsp3) is 0.476. The van der Waals surface area contributed by atoms with E-state index in [1.54, 1.807) is 18.2 Å². The summed E-state index contributed by atoms with van der Waals surface area (Å²) in [7, 11) is 0. The molecule has 0 bridgehead atoms. The lowest BCUT2D eigenvalue weighted by atomic mass is 9.92. The van der Waals surface area contributed by atoms with Gasteiger partial charge < -0.3 is 20.4 Å². The molecule has 0 spiro atoms. The number of nitrogens with one attached hydrogen (secondary N) is 3. The summed E-state index contributed by atoms with van der Waals surface area (Å²) < 4.78 is 0. The van der Waals surface area contributed by atoms with Crippen LogP contribution in [0.4, 0.5) is 16.5 Å². The zero-order valence-corrected chi connectivity index (χ0v) is 32.9. The molecule has 3 N–H and O–H groups in total. The van der Waals surface area contributed by atoms with Gasteiger partial charge in [-0.15, -0.1) is 11.3 Å². The summed E-state index contributed by atoms with van der Waals surface area (Å²) in [5.41, 5.74) is 5.00. The summed E-state index contributed by atoms with van der Waals surface area (Å²) in [5.74, 6) is -1.77. The molecule has 3 aromatic rings. The van der Waals surface area contributed by atoms with Crippen molar-refractivity contribution < 1.29 is 33.6 Å². The third-order valence-corrected chi connectivity index (χ3v) is 12.6. The van der Waals surface area contributed by atoms with E-state index in [-0.39, 0.29) is 59.9 Å². The van der Waals surface area contributed by atoms with Crippen molar-refractivity contribution in [3.05, 3.63) is 58.0 Å². The highest BCUT2D eigenvalue weighted by Crippen LogP contribution is 2.39. The van der Waals surface area contributed by atoms with Crippen LogP contribution in [0.1, 0.15) is 102 Å². The van der Waals surface area contributed by atoms with Crippen molar-refractivity contribution in [2.45, 2.75) is 90.0 Å². The lowest BCUT2D eigenvalue weighted by Gasteiger charge is -2.31. The van der Waals surface area contributed by atoms with Gasteiger partial charge in [-0.3, -0.25) is 43.8 Å². The Morgan fingerprint density at radius 1 is 0.930 bits per heavy atom. The molecule has 4 aliphatic heterocycles.